The quantitative estimate of drug-likeness (QED) is 0.346. The second kappa shape index (κ2) is 12.1. The molecule has 1 atom stereocenters. The van der Waals surface area contributed by atoms with Crippen LogP contribution in [0.3, 0.4) is 0 Å². The van der Waals surface area contributed by atoms with E-state index in [1.54, 1.807) is 0 Å². The van der Waals surface area contributed by atoms with Gasteiger partial charge in [-0.3, -0.25) is 4.57 Å². The Kier molecular flexibility index (Phi) is 15.1. The van der Waals surface area contributed by atoms with Gasteiger partial charge >= 0.3 is 37.8 Å². The van der Waals surface area contributed by atoms with Gasteiger partial charge in [-0.1, -0.05) is 13.3 Å². The van der Waals surface area contributed by atoms with Crippen LogP contribution in [0, 0.1) is 0 Å². The summed E-state index contributed by atoms with van der Waals surface area (Å²) in [5, 5.41) is 0. The van der Waals surface area contributed by atoms with E-state index < -0.39 is 8.25 Å². The van der Waals surface area contributed by atoms with Crippen molar-refractivity contribution in [3.8, 4) is 0 Å². The molecule has 0 aromatic heterocycles. The van der Waals surface area contributed by atoms with Crippen molar-refractivity contribution in [1.29, 1.82) is 0 Å². The zero-order chi connectivity index (χ0) is 10.1. The molecular formula is C7H20N2NaO3P. The predicted molar refractivity (Wildman–Crippen MR) is 60.0 cm³/mol. The minimum absolute atomic E-state index is 0. The molecule has 0 aliphatic heterocycles. The van der Waals surface area contributed by atoms with E-state index in [-0.39, 0.29) is 48.8 Å². The fourth-order valence-electron chi connectivity index (χ4n) is 0.662. The van der Waals surface area contributed by atoms with Crippen molar-refractivity contribution < 1.29 is 13.6 Å². The van der Waals surface area contributed by atoms with Crippen LogP contribution in [0.15, 0.2) is 0 Å². The molecule has 14 heavy (non-hydrogen) atoms. The summed E-state index contributed by atoms with van der Waals surface area (Å²) in [5.41, 5.74) is 10.6. The Balaban J connectivity index is 0. The molecule has 82 valence electrons. The van der Waals surface area contributed by atoms with E-state index in [4.69, 9.17) is 20.5 Å². The van der Waals surface area contributed by atoms with Crippen molar-refractivity contribution in [3.05, 3.63) is 0 Å². The van der Waals surface area contributed by atoms with Crippen molar-refractivity contribution >= 4 is 37.8 Å². The first-order chi connectivity index (χ1) is 6.24. The molecule has 0 spiro atoms. The van der Waals surface area contributed by atoms with E-state index in [0.717, 1.165) is 12.8 Å². The van der Waals surface area contributed by atoms with Gasteiger partial charge in [0.15, 0.2) is 0 Å². The summed E-state index contributed by atoms with van der Waals surface area (Å²) >= 11 is 0. The van der Waals surface area contributed by atoms with Crippen molar-refractivity contribution in [1.82, 2.24) is 0 Å². The van der Waals surface area contributed by atoms with Gasteiger partial charge in [0, 0.05) is 13.1 Å². The topological polar surface area (TPSA) is 87.6 Å². The third-order valence-corrected chi connectivity index (χ3v) is 2.47. The van der Waals surface area contributed by atoms with E-state index in [2.05, 4.69) is 0 Å². The Morgan fingerprint density at radius 3 is 2.36 bits per heavy atom. The van der Waals surface area contributed by atoms with Gasteiger partial charge in [0.25, 0.3) is 0 Å². The summed E-state index contributed by atoms with van der Waals surface area (Å²) in [6.45, 7) is 3.04. The molecule has 0 rings (SSSR count). The fraction of sp³-hybridized carbons (Fsp3) is 1.00. The molecule has 4 N–H and O–H groups in total. The molecule has 0 heterocycles. The molecule has 0 aliphatic rings. The molecule has 0 amide bonds. The molecule has 0 radical (unpaired) electrons. The van der Waals surface area contributed by atoms with Crippen LogP contribution in [-0.4, -0.2) is 55.4 Å². The minimum atomic E-state index is -2.40. The second-order valence-electron chi connectivity index (χ2n) is 2.66. The third-order valence-electron chi connectivity index (χ3n) is 1.51. The Hall–Kier alpha value is 1.07. The fourth-order valence-corrected chi connectivity index (χ4v) is 1.51. The van der Waals surface area contributed by atoms with Crippen LogP contribution in [0.4, 0.5) is 0 Å². The standard InChI is InChI=1S/C7H19N2O3P.Na.H/c1-2-3-4-11-13(10)12-7(5-8)6-9;;/h7,13H,2-6,8-9H2,1H3;;. The first-order valence-electron chi connectivity index (χ1n) is 4.48. The van der Waals surface area contributed by atoms with E-state index in [9.17, 15) is 4.57 Å². The number of nitrogens with two attached hydrogens (primary N) is 2. The molecule has 0 aromatic carbocycles. The van der Waals surface area contributed by atoms with Gasteiger partial charge in [0.05, 0.1) is 12.7 Å². The Morgan fingerprint density at radius 1 is 1.36 bits per heavy atom. The van der Waals surface area contributed by atoms with Gasteiger partial charge in [-0.05, 0) is 6.42 Å². The number of hydrogen-bond donors (Lipinski definition) is 2. The average Bonchev–Trinajstić information content (AvgIpc) is 2.14. The van der Waals surface area contributed by atoms with Gasteiger partial charge in [0.1, 0.15) is 0 Å². The van der Waals surface area contributed by atoms with Gasteiger partial charge in [-0.25, -0.2) is 0 Å². The average molecular weight is 234 g/mol. The summed E-state index contributed by atoms with van der Waals surface area (Å²) in [5.74, 6) is 0. The Labute approximate surface area is 108 Å². The van der Waals surface area contributed by atoms with Crippen molar-refractivity contribution in [3.63, 3.8) is 0 Å². The number of rotatable bonds is 8. The van der Waals surface area contributed by atoms with Gasteiger partial charge in [-0.2, -0.15) is 0 Å². The molecule has 5 nitrogen and oxygen atoms in total. The summed E-state index contributed by atoms with van der Waals surface area (Å²) in [4.78, 5) is 0. The number of hydrogen-bond acceptors (Lipinski definition) is 5. The molecular weight excluding hydrogens is 214 g/mol. The van der Waals surface area contributed by atoms with E-state index in [0.29, 0.717) is 6.61 Å². The van der Waals surface area contributed by atoms with Crippen LogP contribution in [0.25, 0.3) is 0 Å². The molecule has 0 saturated carbocycles. The molecule has 0 bridgehead atoms. The third kappa shape index (κ3) is 9.62. The van der Waals surface area contributed by atoms with Crippen LogP contribution >= 0.6 is 8.25 Å². The summed E-state index contributed by atoms with van der Waals surface area (Å²) < 4.78 is 21.0. The monoisotopic (exact) mass is 234 g/mol. The van der Waals surface area contributed by atoms with Crippen LogP contribution in [0.1, 0.15) is 19.8 Å². The van der Waals surface area contributed by atoms with Gasteiger partial charge in [-0.15, -0.1) is 0 Å². The molecule has 7 heteroatoms. The molecule has 0 saturated heterocycles. The number of unbranched alkanes of at least 4 members (excludes halogenated alkanes) is 1. The van der Waals surface area contributed by atoms with Gasteiger partial charge in [0.2, 0.25) is 0 Å². The SMILES string of the molecule is CCCCO[PH](=O)OC(CN)CN.[NaH]. The first kappa shape index (κ1) is 17.5. The van der Waals surface area contributed by atoms with Crippen molar-refractivity contribution in [2.75, 3.05) is 19.7 Å². The van der Waals surface area contributed by atoms with E-state index in [1.165, 1.54) is 0 Å². The zero-order valence-electron chi connectivity index (χ0n) is 7.99. The van der Waals surface area contributed by atoms with Crippen LogP contribution < -0.4 is 11.5 Å². The van der Waals surface area contributed by atoms with Crippen LogP contribution in [0.2, 0.25) is 0 Å². The summed E-state index contributed by atoms with van der Waals surface area (Å²) in [7, 11) is -2.40. The second-order valence-corrected chi connectivity index (χ2v) is 3.69. The summed E-state index contributed by atoms with van der Waals surface area (Å²) in [6.07, 6.45) is 1.54. The molecule has 0 aliphatic carbocycles. The Bertz CT molecular complexity index is 147. The molecule has 0 aromatic rings. The van der Waals surface area contributed by atoms with Crippen LogP contribution in [0.5, 0.6) is 0 Å². The molecule has 0 fully saturated rings. The van der Waals surface area contributed by atoms with Crippen LogP contribution in [-0.2, 0) is 13.6 Å². The predicted octanol–water partition coefficient (Wildman–Crippen LogP) is -0.153. The van der Waals surface area contributed by atoms with E-state index in [1.807, 2.05) is 6.92 Å². The van der Waals surface area contributed by atoms with Crippen molar-refractivity contribution in [2.45, 2.75) is 25.9 Å². The Morgan fingerprint density at radius 2 is 1.93 bits per heavy atom. The zero-order valence-corrected chi connectivity index (χ0v) is 8.99. The maximum absolute atomic E-state index is 11.1. The normalized spacial score (nSPS) is 12.6. The summed E-state index contributed by atoms with van der Waals surface area (Å²) in [6, 6.07) is 0. The van der Waals surface area contributed by atoms with Gasteiger partial charge < -0.3 is 20.5 Å². The van der Waals surface area contributed by atoms with E-state index >= 15 is 0 Å². The molecule has 1 unspecified atom stereocenters. The van der Waals surface area contributed by atoms with Crippen molar-refractivity contribution in [2.24, 2.45) is 11.5 Å². The first-order valence-corrected chi connectivity index (χ1v) is 5.70. The maximum atomic E-state index is 11.1.